The van der Waals surface area contributed by atoms with Gasteiger partial charge < -0.3 is 14.8 Å². The topological polar surface area (TPSA) is 78.3 Å². The number of nitrogens with one attached hydrogen (secondary N) is 1. The number of rotatable bonds is 7. The molecule has 0 fully saturated rings. The van der Waals surface area contributed by atoms with Crippen LogP contribution in [0.4, 0.5) is 0 Å². The van der Waals surface area contributed by atoms with Crippen molar-refractivity contribution in [1.29, 1.82) is 0 Å². The van der Waals surface area contributed by atoms with E-state index in [-0.39, 0.29) is 5.91 Å². The average molecular weight is 388 g/mol. The van der Waals surface area contributed by atoms with Crippen molar-refractivity contribution in [2.24, 2.45) is 0 Å². The molecule has 29 heavy (non-hydrogen) atoms. The number of hydrogen-bond acceptors (Lipinski definition) is 5. The molecule has 7 heteroatoms. The zero-order valence-corrected chi connectivity index (χ0v) is 15.9. The Labute approximate surface area is 167 Å². The Morgan fingerprint density at radius 1 is 1.00 bits per heavy atom. The van der Waals surface area contributed by atoms with Gasteiger partial charge in [0.2, 0.25) is 5.88 Å². The fourth-order valence-electron chi connectivity index (χ4n) is 2.95. The minimum Gasteiger partial charge on any atom is -0.490 e. The van der Waals surface area contributed by atoms with Crippen molar-refractivity contribution in [3.63, 3.8) is 0 Å². The lowest BCUT2D eigenvalue weighted by atomic mass is 10.2. The zero-order chi connectivity index (χ0) is 20.1. The van der Waals surface area contributed by atoms with Crippen molar-refractivity contribution >= 4 is 16.9 Å². The summed E-state index contributed by atoms with van der Waals surface area (Å²) in [6.45, 7) is 0.838. The molecule has 0 bridgehead atoms. The number of carbonyl (C=O) groups excluding carboxylic acids is 1. The predicted octanol–water partition coefficient (Wildman–Crippen LogP) is 3.24. The molecule has 0 aliphatic heterocycles. The average Bonchev–Trinajstić information content (AvgIpc) is 3.20. The lowest BCUT2D eigenvalue weighted by molar-refractivity contribution is 0.0963. The summed E-state index contributed by atoms with van der Waals surface area (Å²) in [6.07, 6.45) is 3.43. The van der Waals surface area contributed by atoms with E-state index in [2.05, 4.69) is 15.3 Å². The van der Waals surface area contributed by atoms with Gasteiger partial charge >= 0.3 is 0 Å². The number of hydrogen-bond donors (Lipinski definition) is 1. The van der Waals surface area contributed by atoms with E-state index in [1.54, 1.807) is 31.7 Å². The number of pyridine rings is 1. The Morgan fingerprint density at radius 2 is 1.83 bits per heavy atom. The fraction of sp³-hybridized carbons (Fsp3) is 0.136. The van der Waals surface area contributed by atoms with E-state index in [9.17, 15) is 4.79 Å². The third kappa shape index (κ3) is 4.19. The van der Waals surface area contributed by atoms with Crippen molar-refractivity contribution in [3.05, 3.63) is 78.8 Å². The second-order valence-electron chi connectivity index (χ2n) is 6.26. The number of ether oxygens (including phenoxy) is 2. The highest BCUT2D eigenvalue weighted by molar-refractivity contribution is 5.97. The molecule has 2 aromatic carbocycles. The van der Waals surface area contributed by atoms with Gasteiger partial charge in [0.25, 0.3) is 5.91 Å². The van der Waals surface area contributed by atoms with E-state index in [1.165, 1.54) is 0 Å². The Bertz CT molecular complexity index is 1110. The van der Waals surface area contributed by atoms with Gasteiger partial charge in [0, 0.05) is 30.6 Å². The molecule has 0 radical (unpaired) electrons. The molecule has 4 rings (SSSR count). The maximum absolute atomic E-state index is 11.8. The monoisotopic (exact) mass is 388 g/mol. The van der Waals surface area contributed by atoms with E-state index >= 15 is 0 Å². The first kappa shape index (κ1) is 18.5. The molecule has 0 aliphatic carbocycles. The van der Waals surface area contributed by atoms with Crippen LogP contribution in [-0.2, 0) is 0 Å². The molecule has 0 unspecified atom stereocenters. The van der Waals surface area contributed by atoms with Crippen LogP contribution in [0.3, 0.4) is 0 Å². The summed E-state index contributed by atoms with van der Waals surface area (Å²) in [4.78, 5) is 20.3. The van der Waals surface area contributed by atoms with Crippen LogP contribution >= 0.6 is 0 Å². The SMILES string of the molecule is CNC(=O)c1ccc2c(c1)ncn2-c1ccc(OCCOc2ccccn2)cc1. The van der Waals surface area contributed by atoms with Crippen molar-refractivity contribution in [3.8, 4) is 17.3 Å². The highest BCUT2D eigenvalue weighted by Gasteiger charge is 2.09. The molecule has 1 N–H and O–H groups in total. The molecule has 1 amide bonds. The smallest absolute Gasteiger partial charge is 0.251 e. The van der Waals surface area contributed by atoms with Gasteiger partial charge in [-0.05, 0) is 48.5 Å². The largest absolute Gasteiger partial charge is 0.490 e. The van der Waals surface area contributed by atoms with Gasteiger partial charge in [-0.3, -0.25) is 9.36 Å². The maximum atomic E-state index is 11.8. The number of fused-ring (bicyclic) bond motifs is 1. The minimum absolute atomic E-state index is 0.130. The normalized spacial score (nSPS) is 10.7. The number of benzene rings is 2. The third-order valence-electron chi connectivity index (χ3n) is 4.39. The van der Waals surface area contributed by atoms with Gasteiger partial charge in [-0.1, -0.05) is 6.07 Å². The maximum Gasteiger partial charge on any atom is 0.251 e. The van der Waals surface area contributed by atoms with Gasteiger partial charge in [-0.2, -0.15) is 0 Å². The number of nitrogens with zero attached hydrogens (tertiary/aromatic N) is 3. The van der Waals surface area contributed by atoms with Crippen molar-refractivity contribution < 1.29 is 14.3 Å². The Hall–Kier alpha value is -3.87. The molecule has 0 aliphatic rings. The Kier molecular flexibility index (Phi) is 5.38. The van der Waals surface area contributed by atoms with Crippen molar-refractivity contribution in [2.75, 3.05) is 20.3 Å². The molecule has 4 aromatic rings. The first-order valence-corrected chi connectivity index (χ1v) is 9.21. The van der Waals surface area contributed by atoms with Crippen LogP contribution in [0.2, 0.25) is 0 Å². The van der Waals surface area contributed by atoms with Gasteiger partial charge in [-0.15, -0.1) is 0 Å². The molecular formula is C22H20N4O3. The molecule has 146 valence electrons. The van der Waals surface area contributed by atoms with Gasteiger partial charge in [0.05, 0.1) is 11.0 Å². The highest BCUT2D eigenvalue weighted by atomic mass is 16.5. The van der Waals surface area contributed by atoms with E-state index in [4.69, 9.17) is 9.47 Å². The molecule has 2 heterocycles. The molecule has 0 spiro atoms. The number of aromatic nitrogens is 3. The fourth-order valence-corrected chi connectivity index (χ4v) is 2.95. The van der Waals surface area contributed by atoms with E-state index in [0.29, 0.717) is 24.7 Å². The Morgan fingerprint density at radius 3 is 2.59 bits per heavy atom. The summed E-state index contributed by atoms with van der Waals surface area (Å²) in [5, 5.41) is 2.62. The number of carbonyl (C=O) groups is 1. The highest BCUT2D eigenvalue weighted by Crippen LogP contribution is 2.21. The Balaban J connectivity index is 1.40. The first-order chi connectivity index (χ1) is 14.2. The number of imidazole rings is 1. The first-order valence-electron chi connectivity index (χ1n) is 9.21. The van der Waals surface area contributed by atoms with Crippen LogP contribution in [-0.4, -0.2) is 40.7 Å². The molecular weight excluding hydrogens is 368 g/mol. The molecule has 0 saturated heterocycles. The molecule has 0 saturated carbocycles. The van der Waals surface area contributed by atoms with Crippen LogP contribution in [0.25, 0.3) is 16.7 Å². The van der Waals surface area contributed by atoms with Crippen LogP contribution in [0.15, 0.2) is 73.2 Å². The summed E-state index contributed by atoms with van der Waals surface area (Å²) >= 11 is 0. The molecule has 7 nitrogen and oxygen atoms in total. The lowest BCUT2D eigenvalue weighted by Gasteiger charge is -2.09. The van der Waals surface area contributed by atoms with Crippen LogP contribution in [0.5, 0.6) is 11.6 Å². The summed E-state index contributed by atoms with van der Waals surface area (Å²) < 4.78 is 13.2. The quantitative estimate of drug-likeness (QED) is 0.492. The molecule has 0 atom stereocenters. The second kappa shape index (κ2) is 8.43. The molecule has 2 aromatic heterocycles. The van der Waals surface area contributed by atoms with E-state index in [0.717, 1.165) is 22.5 Å². The second-order valence-corrected chi connectivity index (χ2v) is 6.26. The summed E-state index contributed by atoms with van der Waals surface area (Å²) in [6, 6.07) is 18.7. The zero-order valence-electron chi connectivity index (χ0n) is 15.9. The van der Waals surface area contributed by atoms with E-state index in [1.807, 2.05) is 53.1 Å². The van der Waals surface area contributed by atoms with Crippen molar-refractivity contribution in [2.45, 2.75) is 0 Å². The van der Waals surface area contributed by atoms with Gasteiger partial charge in [-0.25, -0.2) is 9.97 Å². The predicted molar refractivity (Wildman–Crippen MR) is 110 cm³/mol. The van der Waals surface area contributed by atoms with Crippen LogP contribution in [0.1, 0.15) is 10.4 Å². The minimum atomic E-state index is -0.130. The number of amides is 1. The van der Waals surface area contributed by atoms with Gasteiger partial charge in [0.15, 0.2) is 0 Å². The van der Waals surface area contributed by atoms with Crippen LogP contribution in [0, 0.1) is 0 Å². The van der Waals surface area contributed by atoms with E-state index < -0.39 is 0 Å². The van der Waals surface area contributed by atoms with Crippen molar-refractivity contribution in [1.82, 2.24) is 19.9 Å². The summed E-state index contributed by atoms with van der Waals surface area (Å²) in [7, 11) is 1.61. The van der Waals surface area contributed by atoms with Crippen LogP contribution < -0.4 is 14.8 Å². The lowest BCUT2D eigenvalue weighted by Crippen LogP contribution is -2.17. The van der Waals surface area contributed by atoms with Gasteiger partial charge in [0.1, 0.15) is 25.3 Å². The third-order valence-corrected chi connectivity index (χ3v) is 4.39. The summed E-state index contributed by atoms with van der Waals surface area (Å²) in [5.74, 6) is 1.21. The summed E-state index contributed by atoms with van der Waals surface area (Å²) in [5.41, 5.74) is 3.23. The standard InChI is InChI=1S/C22H20N4O3/c1-23-22(27)16-5-10-20-19(14-16)25-15-26(20)17-6-8-18(9-7-17)28-12-13-29-21-4-2-3-11-24-21/h2-11,14-15H,12-13H2,1H3,(H,23,27).